The zero-order valence-corrected chi connectivity index (χ0v) is 17.2. The summed E-state index contributed by atoms with van der Waals surface area (Å²) in [4.78, 5) is 23.5. The van der Waals surface area contributed by atoms with Crippen molar-refractivity contribution in [2.75, 3.05) is 26.0 Å². The van der Waals surface area contributed by atoms with Crippen LogP contribution in [0.1, 0.15) is 12.6 Å². The van der Waals surface area contributed by atoms with Crippen molar-refractivity contribution in [3.05, 3.63) is 36.2 Å². The van der Waals surface area contributed by atoms with Crippen LogP contribution in [-0.2, 0) is 14.3 Å². The maximum absolute atomic E-state index is 12.1. The molecule has 9 nitrogen and oxygen atoms in total. The summed E-state index contributed by atoms with van der Waals surface area (Å²) in [7, 11) is 1.60. The number of para-hydroxylation sites is 2. The first-order valence-electron chi connectivity index (χ1n) is 8.94. The quantitative estimate of drug-likeness (QED) is 0.439. The Bertz CT molecular complexity index is 1040. The maximum Gasteiger partial charge on any atom is 0.325 e. The van der Waals surface area contributed by atoms with Gasteiger partial charge in [-0.15, -0.1) is 5.10 Å². The highest BCUT2D eigenvalue weighted by atomic mass is 32.2. The molecule has 0 saturated carbocycles. The van der Waals surface area contributed by atoms with Crippen LogP contribution >= 0.6 is 11.8 Å². The fraction of sp³-hybridized carbons (Fsp3) is 0.316. The van der Waals surface area contributed by atoms with Gasteiger partial charge in [0.1, 0.15) is 28.5 Å². The molecule has 0 aliphatic heterocycles. The van der Waals surface area contributed by atoms with Gasteiger partial charge in [-0.2, -0.15) is 10.2 Å². The standard InChI is InChI=1S/C19H21N5O4S/c1-4-28-17(26)10-20-16(25)11-29-19-18-13(12(2)22-23-19)9-21-24(18)14-7-5-6-8-15(14)27-3/h5-9H,4,10-11H2,1-3H3,(H,20,25). The summed E-state index contributed by atoms with van der Waals surface area (Å²) in [6.07, 6.45) is 1.72. The number of rotatable bonds is 8. The number of benzene rings is 1. The molecule has 0 bridgehead atoms. The lowest BCUT2D eigenvalue weighted by Gasteiger charge is -2.11. The van der Waals surface area contributed by atoms with Gasteiger partial charge < -0.3 is 14.8 Å². The molecule has 0 radical (unpaired) electrons. The smallest absolute Gasteiger partial charge is 0.325 e. The van der Waals surface area contributed by atoms with Crippen LogP contribution in [0.15, 0.2) is 35.5 Å². The van der Waals surface area contributed by atoms with E-state index in [0.717, 1.165) is 22.3 Å². The molecule has 1 aromatic carbocycles. The highest BCUT2D eigenvalue weighted by Crippen LogP contribution is 2.31. The molecule has 3 rings (SSSR count). The number of nitrogens with zero attached hydrogens (tertiary/aromatic N) is 4. The minimum Gasteiger partial charge on any atom is -0.494 e. The first-order chi connectivity index (χ1) is 14.0. The molecule has 1 N–H and O–H groups in total. The number of methoxy groups -OCH3 is 1. The number of hydrogen-bond donors (Lipinski definition) is 1. The average molecular weight is 415 g/mol. The van der Waals surface area contributed by atoms with Crippen molar-refractivity contribution < 1.29 is 19.1 Å². The summed E-state index contributed by atoms with van der Waals surface area (Å²) < 4.78 is 12.0. The van der Waals surface area contributed by atoms with Crippen LogP contribution in [-0.4, -0.2) is 57.9 Å². The van der Waals surface area contributed by atoms with Crippen LogP contribution in [0.2, 0.25) is 0 Å². The van der Waals surface area contributed by atoms with Crippen LogP contribution in [0.3, 0.4) is 0 Å². The van der Waals surface area contributed by atoms with E-state index in [4.69, 9.17) is 9.47 Å². The Labute approximate surface area is 171 Å². The third kappa shape index (κ3) is 4.65. The molecule has 1 amide bonds. The highest BCUT2D eigenvalue weighted by Gasteiger charge is 2.18. The normalized spacial score (nSPS) is 10.7. The highest BCUT2D eigenvalue weighted by molar-refractivity contribution is 8.00. The Morgan fingerprint density at radius 1 is 1.24 bits per heavy atom. The summed E-state index contributed by atoms with van der Waals surface area (Å²) in [5.74, 6) is -0.0433. The number of fused-ring (bicyclic) bond motifs is 1. The second-order valence-corrected chi connectivity index (χ2v) is 6.92. The van der Waals surface area contributed by atoms with E-state index in [1.54, 1.807) is 24.9 Å². The number of aryl methyl sites for hydroxylation is 1. The lowest BCUT2D eigenvalue weighted by molar-refractivity contribution is -0.143. The van der Waals surface area contributed by atoms with Gasteiger partial charge in [-0.25, -0.2) is 4.68 Å². The van der Waals surface area contributed by atoms with Gasteiger partial charge in [0.15, 0.2) is 0 Å². The number of hydrogen-bond acceptors (Lipinski definition) is 8. The summed E-state index contributed by atoms with van der Waals surface area (Å²) in [6.45, 7) is 3.67. The second kappa shape index (κ2) is 9.37. The topological polar surface area (TPSA) is 108 Å². The number of carbonyl (C=O) groups is 2. The molecule has 0 atom stereocenters. The molecule has 2 heterocycles. The molecule has 29 heavy (non-hydrogen) atoms. The molecule has 0 saturated heterocycles. The van der Waals surface area contributed by atoms with E-state index in [9.17, 15) is 9.59 Å². The number of aromatic nitrogens is 4. The Balaban J connectivity index is 1.85. The molecular weight excluding hydrogens is 394 g/mol. The number of ether oxygens (including phenoxy) is 2. The monoisotopic (exact) mass is 415 g/mol. The Morgan fingerprint density at radius 2 is 2.03 bits per heavy atom. The third-order valence-corrected chi connectivity index (χ3v) is 5.00. The largest absolute Gasteiger partial charge is 0.494 e. The zero-order chi connectivity index (χ0) is 20.8. The van der Waals surface area contributed by atoms with Gasteiger partial charge in [0.2, 0.25) is 5.91 Å². The SMILES string of the molecule is CCOC(=O)CNC(=O)CSc1nnc(C)c2cnn(-c3ccccc3OC)c12. The summed E-state index contributed by atoms with van der Waals surface area (Å²) in [6, 6.07) is 7.51. The van der Waals surface area contributed by atoms with Crippen LogP contribution in [0.4, 0.5) is 0 Å². The van der Waals surface area contributed by atoms with Crippen molar-refractivity contribution in [1.82, 2.24) is 25.3 Å². The fourth-order valence-electron chi connectivity index (χ4n) is 2.69. The molecule has 152 valence electrons. The summed E-state index contributed by atoms with van der Waals surface area (Å²) >= 11 is 1.22. The van der Waals surface area contributed by atoms with E-state index in [1.807, 2.05) is 31.2 Å². The maximum atomic E-state index is 12.1. The van der Waals surface area contributed by atoms with Crippen LogP contribution in [0, 0.1) is 6.92 Å². The first kappa shape index (κ1) is 20.6. The van der Waals surface area contributed by atoms with Crippen molar-refractivity contribution in [3.8, 4) is 11.4 Å². The minimum absolute atomic E-state index is 0.0728. The van der Waals surface area contributed by atoms with Crippen LogP contribution in [0.25, 0.3) is 16.6 Å². The molecule has 0 fully saturated rings. The summed E-state index contributed by atoms with van der Waals surface area (Å²) in [5.41, 5.74) is 2.23. The molecule has 0 spiro atoms. The van der Waals surface area contributed by atoms with Gasteiger partial charge >= 0.3 is 5.97 Å². The Morgan fingerprint density at radius 3 is 2.79 bits per heavy atom. The van der Waals surface area contributed by atoms with Gasteiger partial charge in [-0.3, -0.25) is 9.59 Å². The molecule has 10 heteroatoms. The number of carbonyl (C=O) groups excluding carboxylic acids is 2. The number of amides is 1. The van der Waals surface area contributed by atoms with Crippen molar-refractivity contribution >= 4 is 34.5 Å². The van der Waals surface area contributed by atoms with E-state index in [1.165, 1.54) is 11.8 Å². The molecule has 0 unspecified atom stereocenters. The van der Waals surface area contributed by atoms with Crippen molar-refractivity contribution in [1.29, 1.82) is 0 Å². The molecule has 3 aromatic rings. The van der Waals surface area contributed by atoms with E-state index in [0.29, 0.717) is 10.8 Å². The minimum atomic E-state index is -0.474. The van der Waals surface area contributed by atoms with E-state index in [-0.39, 0.29) is 24.8 Å². The predicted octanol–water partition coefficient (Wildman–Crippen LogP) is 1.90. The average Bonchev–Trinajstić information content (AvgIpc) is 3.18. The van der Waals surface area contributed by atoms with Gasteiger partial charge in [-0.05, 0) is 26.0 Å². The van der Waals surface area contributed by atoms with E-state index < -0.39 is 5.97 Å². The Kier molecular flexibility index (Phi) is 6.65. The van der Waals surface area contributed by atoms with Gasteiger partial charge in [0.05, 0.1) is 31.4 Å². The van der Waals surface area contributed by atoms with Crippen LogP contribution in [0.5, 0.6) is 5.75 Å². The molecule has 2 aromatic heterocycles. The fourth-order valence-corrected chi connectivity index (χ4v) is 3.49. The predicted molar refractivity (Wildman–Crippen MR) is 108 cm³/mol. The lowest BCUT2D eigenvalue weighted by Crippen LogP contribution is -2.31. The molecule has 0 aliphatic rings. The van der Waals surface area contributed by atoms with Gasteiger partial charge in [0.25, 0.3) is 0 Å². The van der Waals surface area contributed by atoms with Gasteiger partial charge in [0, 0.05) is 5.39 Å². The summed E-state index contributed by atoms with van der Waals surface area (Å²) in [5, 5.41) is 16.8. The third-order valence-electron chi connectivity index (χ3n) is 4.04. The van der Waals surface area contributed by atoms with Crippen LogP contribution < -0.4 is 10.1 Å². The van der Waals surface area contributed by atoms with Gasteiger partial charge in [-0.1, -0.05) is 23.9 Å². The van der Waals surface area contributed by atoms with E-state index >= 15 is 0 Å². The van der Waals surface area contributed by atoms with Crippen molar-refractivity contribution in [2.45, 2.75) is 18.9 Å². The van der Waals surface area contributed by atoms with E-state index in [2.05, 4.69) is 20.6 Å². The van der Waals surface area contributed by atoms with Crippen molar-refractivity contribution in [2.24, 2.45) is 0 Å². The first-order valence-corrected chi connectivity index (χ1v) is 9.93. The number of nitrogens with one attached hydrogen (secondary N) is 1. The number of esters is 1. The molecular formula is C19H21N5O4S. The molecule has 0 aliphatic carbocycles. The van der Waals surface area contributed by atoms with Crippen molar-refractivity contribution in [3.63, 3.8) is 0 Å². The Hall–Kier alpha value is -3.14. The number of thioether (sulfide) groups is 1. The second-order valence-electron chi connectivity index (χ2n) is 5.95. The lowest BCUT2D eigenvalue weighted by atomic mass is 10.2. The zero-order valence-electron chi connectivity index (χ0n) is 16.3.